The van der Waals surface area contributed by atoms with Gasteiger partial charge in [-0.25, -0.2) is 12.8 Å². The maximum Gasteiger partial charge on any atom is 0.266 e. The maximum atomic E-state index is 13.8. The van der Waals surface area contributed by atoms with Crippen molar-refractivity contribution in [3.05, 3.63) is 53.3 Å². The molecule has 21 heavy (non-hydrogen) atoms. The Morgan fingerprint density at radius 2 is 1.86 bits per heavy atom. The van der Waals surface area contributed by atoms with E-state index in [4.69, 9.17) is 5.73 Å². The van der Waals surface area contributed by atoms with Crippen molar-refractivity contribution < 1.29 is 12.8 Å². The molecule has 0 unspecified atom stereocenters. The predicted molar refractivity (Wildman–Crippen MR) is 82.2 cm³/mol. The number of rotatable bonds is 4. The number of para-hydroxylation sites is 1. The normalized spacial score (nSPS) is 11.4. The molecule has 0 aromatic heterocycles. The van der Waals surface area contributed by atoms with Crippen molar-refractivity contribution in [3.63, 3.8) is 0 Å². The third kappa shape index (κ3) is 3.00. The van der Waals surface area contributed by atoms with E-state index in [9.17, 15) is 12.8 Å². The summed E-state index contributed by atoms with van der Waals surface area (Å²) in [4.78, 5) is -0.518. The molecule has 0 saturated carbocycles. The molecule has 2 rings (SSSR count). The molecule has 6 heteroatoms. The van der Waals surface area contributed by atoms with Crippen molar-refractivity contribution in [2.75, 3.05) is 10.5 Å². The van der Waals surface area contributed by atoms with E-state index >= 15 is 0 Å². The van der Waals surface area contributed by atoms with E-state index in [1.54, 1.807) is 13.0 Å². The van der Waals surface area contributed by atoms with Crippen molar-refractivity contribution in [2.45, 2.75) is 25.2 Å². The van der Waals surface area contributed by atoms with Gasteiger partial charge in [-0.1, -0.05) is 31.2 Å². The highest BCUT2D eigenvalue weighted by molar-refractivity contribution is 7.93. The fourth-order valence-corrected chi connectivity index (χ4v) is 3.53. The van der Waals surface area contributed by atoms with Crippen LogP contribution in [0.4, 0.5) is 15.8 Å². The van der Waals surface area contributed by atoms with Crippen molar-refractivity contribution in [1.82, 2.24) is 0 Å². The monoisotopic (exact) mass is 308 g/mol. The number of benzene rings is 2. The summed E-state index contributed by atoms with van der Waals surface area (Å²) < 4.78 is 41.2. The van der Waals surface area contributed by atoms with Gasteiger partial charge in [0.15, 0.2) is 0 Å². The highest BCUT2D eigenvalue weighted by Gasteiger charge is 2.23. The molecule has 2 aromatic carbocycles. The zero-order chi connectivity index (χ0) is 15.6. The SMILES string of the molecule is CCc1cccc(C)c1NS(=O)(=O)c1c(N)cccc1F. The minimum absolute atomic E-state index is 0.117. The number of anilines is 2. The molecule has 0 fully saturated rings. The summed E-state index contributed by atoms with van der Waals surface area (Å²) in [6.45, 7) is 3.71. The lowest BCUT2D eigenvalue weighted by Gasteiger charge is -2.15. The molecule has 0 aliphatic rings. The minimum atomic E-state index is -4.08. The van der Waals surface area contributed by atoms with Crippen molar-refractivity contribution in [3.8, 4) is 0 Å². The first-order valence-electron chi connectivity index (χ1n) is 6.52. The molecule has 0 aliphatic heterocycles. The molecule has 4 nitrogen and oxygen atoms in total. The second kappa shape index (κ2) is 5.73. The summed E-state index contributed by atoms with van der Waals surface area (Å²) in [7, 11) is -4.08. The number of halogens is 1. The first kappa shape index (κ1) is 15.3. The smallest absolute Gasteiger partial charge is 0.266 e. The van der Waals surface area contributed by atoms with Gasteiger partial charge in [-0.15, -0.1) is 0 Å². The number of hydrogen-bond acceptors (Lipinski definition) is 3. The Kier molecular flexibility index (Phi) is 4.18. The Morgan fingerprint density at radius 3 is 2.48 bits per heavy atom. The average Bonchev–Trinajstić information content (AvgIpc) is 2.40. The molecule has 112 valence electrons. The zero-order valence-corrected chi connectivity index (χ0v) is 12.7. The number of nitrogen functional groups attached to an aromatic ring is 1. The standard InChI is InChI=1S/C15H17FN2O2S/c1-3-11-7-4-6-10(2)14(11)18-21(19,20)15-12(16)8-5-9-13(15)17/h4-9,18H,3,17H2,1-2H3. The summed E-state index contributed by atoms with van der Waals surface area (Å²) >= 11 is 0. The van der Waals surface area contributed by atoms with Crippen LogP contribution in [0.5, 0.6) is 0 Å². The van der Waals surface area contributed by atoms with E-state index in [-0.39, 0.29) is 5.69 Å². The van der Waals surface area contributed by atoms with Crippen LogP contribution in [0.1, 0.15) is 18.1 Å². The lowest BCUT2D eigenvalue weighted by atomic mass is 10.1. The third-order valence-corrected chi connectivity index (χ3v) is 4.68. The van der Waals surface area contributed by atoms with Crippen LogP contribution in [0.15, 0.2) is 41.3 Å². The van der Waals surface area contributed by atoms with E-state index in [0.29, 0.717) is 12.1 Å². The van der Waals surface area contributed by atoms with E-state index < -0.39 is 20.7 Å². The number of nitrogens with one attached hydrogen (secondary N) is 1. The number of aryl methyl sites for hydroxylation is 2. The Hall–Kier alpha value is -2.08. The fraction of sp³-hybridized carbons (Fsp3) is 0.200. The summed E-state index contributed by atoms with van der Waals surface area (Å²) in [6, 6.07) is 9.27. The molecule has 0 aliphatic carbocycles. The predicted octanol–water partition coefficient (Wildman–Crippen LogP) is 3.08. The lowest BCUT2D eigenvalue weighted by molar-refractivity contribution is 0.571. The molecule has 0 atom stereocenters. The summed E-state index contributed by atoms with van der Waals surface area (Å²) in [6.07, 6.45) is 0.659. The van der Waals surface area contributed by atoms with E-state index in [0.717, 1.165) is 17.2 Å². The summed E-state index contributed by atoms with van der Waals surface area (Å²) in [5.74, 6) is -0.867. The quantitative estimate of drug-likeness (QED) is 0.853. The first-order valence-corrected chi connectivity index (χ1v) is 8.00. The van der Waals surface area contributed by atoms with Crippen LogP contribution in [0.2, 0.25) is 0 Å². The molecule has 0 spiro atoms. The number of hydrogen-bond donors (Lipinski definition) is 2. The molecular weight excluding hydrogens is 291 g/mol. The van der Waals surface area contributed by atoms with Gasteiger partial charge in [-0.2, -0.15) is 0 Å². The average molecular weight is 308 g/mol. The molecule has 0 amide bonds. The van der Waals surface area contributed by atoms with Gasteiger partial charge in [-0.3, -0.25) is 4.72 Å². The van der Waals surface area contributed by atoms with E-state index in [2.05, 4.69) is 4.72 Å². The minimum Gasteiger partial charge on any atom is -0.398 e. The second-order valence-electron chi connectivity index (χ2n) is 4.73. The van der Waals surface area contributed by atoms with Gasteiger partial charge in [0.05, 0.1) is 11.4 Å². The fourth-order valence-electron chi connectivity index (χ4n) is 2.16. The van der Waals surface area contributed by atoms with Crippen LogP contribution in [0.25, 0.3) is 0 Å². The highest BCUT2D eigenvalue weighted by Crippen LogP contribution is 2.28. The van der Waals surface area contributed by atoms with Crippen LogP contribution in [-0.4, -0.2) is 8.42 Å². The molecule has 0 bridgehead atoms. The molecular formula is C15H17FN2O2S. The van der Waals surface area contributed by atoms with E-state index in [1.165, 1.54) is 12.1 Å². The first-order chi connectivity index (χ1) is 9.86. The highest BCUT2D eigenvalue weighted by atomic mass is 32.2. The molecule has 3 N–H and O–H groups in total. The van der Waals surface area contributed by atoms with Gasteiger partial charge in [0.25, 0.3) is 10.0 Å². The van der Waals surface area contributed by atoms with Crippen LogP contribution < -0.4 is 10.5 Å². The van der Waals surface area contributed by atoms with Crippen molar-refractivity contribution >= 4 is 21.4 Å². The molecule has 2 aromatic rings. The van der Waals surface area contributed by atoms with Gasteiger partial charge in [0.1, 0.15) is 10.7 Å². The topological polar surface area (TPSA) is 72.2 Å². The second-order valence-corrected chi connectivity index (χ2v) is 6.35. The van der Waals surface area contributed by atoms with Gasteiger partial charge in [0.2, 0.25) is 0 Å². The number of sulfonamides is 1. The van der Waals surface area contributed by atoms with Gasteiger partial charge in [-0.05, 0) is 36.6 Å². The van der Waals surface area contributed by atoms with Gasteiger partial charge >= 0.3 is 0 Å². The van der Waals surface area contributed by atoms with E-state index in [1.807, 2.05) is 19.1 Å². The Bertz CT molecular complexity index is 753. The van der Waals surface area contributed by atoms with Crippen LogP contribution in [-0.2, 0) is 16.4 Å². The van der Waals surface area contributed by atoms with Crippen LogP contribution >= 0.6 is 0 Å². The molecule has 0 radical (unpaired) electrons. The Balaban J connectivity index is 2.53. The van der Waals surface area contributed by atoms with Crippen molar-refractivity contribution in [2.24, 2.45) is 0 Å². The largest absolute Gasteiger partial charge is 0.398 e. The molecule has 0 saturated heterocycles. The van der Waals surface area contributed by atoms with Crippen LogP contribution in [0, 0.1) is 12.7 Å². The zero-order valence-electron chi connectivity index (χ0n) is 11.9. The van der Waals surface area contributed by atoms with Crippen molar-refractivity contribution in [1.29, 1.82) is 0 Å². The maximum absolute atomic E-state index is 13.8. The molecule has 0 heterocycles. The van der Waals surface area contributed by atoms with Gasteiger partial charge < -0.3 is 5.73 Å². The van der Waals surface area contributed by atoms with Crippen LogP contribution in [0.3, 0.4) is 0 Å². The Morgan fingerprint density at radius 1 is 1.19 bits per heavy atom. The number of nitrogens with two attached hydrogens (primary N) is 1. The lowest BCUT2D eigenvalue weighted by Crippen LogP contribution is -2.18. The Labute approximate surface area is 123 Å². The summed E-state index contributed by atoms with van der Waals surface area (Å²) in [5, 5.41) is 0. The summed E-state index contributed by atoms with van der Waals surface area (Å²) in [5.41, 5.74) is 7.58. The third-order valence-electron chi connectivity index (χ3n) is 3.24. The van der Waals surface area contributed by atoms with Gasteiger partial charge in [0, 0.05) is 0 Å².